The van der Waals surface area contributed by atoms with Gasteiger partial charge in [0.1, 0.15) is 12.4 Å². The van der Waals surface area contributed by atoms with Gasteiger partial charge in [-0.3, -0.25) is 5.10 Å². The van der Waals surface area contributed by atoms with Crippen LogP contribution in [0.15, 0.2) is 109 Å². The number of nitrogens with zero attached hydrogens (tertiary/aromatic N) is 1. The molecular formula is C33H28N2O3. The number of rotatable bonds is 9. The van der Waals surface area contributed by atoms with Crippen molar-refractivity contribution in [3.63, 3.8) is 0 Å². The number of aromatic nitrogens is 2. The van der Waals surface area contributed by atoms with Crippen molar-refractivity contribution in [2.45, 2.75) is 20.0 Å². The summed E-state index contributed by atoms with van der Waals surface area (Å²) < 4.78 is 6.14. The first kappa shape index (κ1) is 24.8. The Labute approximate surface area is 221 Å². The Morgan fingerprint density at radius 3 is 2.45 bits per heavy atom. The summed E-state index contributed by atoms with van der Waals surface area (Å²) in [6.07, 6.45) is 5.39. The van der Waals surface area contributed by atoms with Crippen LogP contribution in [0.4, 0.5) is 0 Å². The lowest BCUT2D eigenvalue weighted by molar-refractivity contribution is -0.131. The van der Waals surface area contributed by atoms with Crippen LogP contribution < -0.4 is 4.74 Å². The minimum atomic E-state index is -0.967. The molecule has 4 aromatic carbocycles. The predicted octanol–water partition coefficient (Wildman–Crippen LogP) is 7.61. The molecule has 1 aromatic heterocycles. The molecule has 5 aromatic rings. The van der Waals surface area contributed by atoms with Crippen LogP contribution in [0.25, 0.3) is 28.1 Å². The zero-order valence-electron chi connectivity index (χ0n) is 21.1. The van der Waals surface area contributed by atoms with Crippen molar-refractivity contribution in [2.24, 2.45) is 0 Å². The quantitative estimate of drug-likeness (QED) is 0.161. The summed E-state index contributed by atoms with van der Waals surface area (Å²) in [6.45, 7) is 2.66. The van der Waals surface area contributed by atoms with E-state index in [1.807, 2.05) is 66.9 Å². The highest BCUT2D eigenvalue weighted by Gasteiger charge is 2.15. The monoisotopic (exact) mass is 500 g/mol. The van der Waals surface area contributed by atoms with Crippen LogP contribution in [0.2, 0.25) is 0 Å². The van der Waals surface area contributed by atoms with Gasteiger partial charge in [-0.25, -0.2) is 4.79 Å². The van der Waals surface area contributed by atoms with Gasteiger partial charge in [0.15, 0.2) is 0 Å². The highest BCUT2D eigenvalue weighted by atomic mass is 16.5. The zero-order valence-corrected chi connectivity index (χ0v) is 21.1. The normalized spacial score (nSPS) is 12.0. The molecule has 5 rings (SSSR count). The summed E-state index contributed by atoms with van der Waals surface area (Å²) in [6, 6.07) is 32.7. The molecule has 0 saturated carbocycles. The Balaban J connectivity index is 1.58. The maximum absolute atomic E-state index is 10.9. The third-order valence-electron chi connectivity index (χ3n) is 6.43. The Morgan fingerprint density at radius 1 is 0.895 bits per heavy atom. The molecule has 2 N–H and O–H groups in total. The second kappa shape index (κ2) is 11.4. The average molecular weight is 501 g/mol. The molecule has 0 fully saturated rings. The van der Waals surface area contributed by atoms with Crippen molar-refractivity contribution < 1.29 is 14.6 Å². The third-order valence-corrected chi connectivity index (χ3v) is 6.43. The number of carbonyl (C=O) groups is 1. The summed E-state index contributed by atoms with van der Waals surface area (Å²) >= 11 is 0. The number of H-pyrrole nitrogens is 1. The van der Waals surface area contributed by atoms with Crippen molar-refractivity contribution >= 4 is 34.1 Å². The minimum Gasteiger partial charge on any atom is -0.489 e. The Kier molecular flexibility index (Phi) is 7.46. The Morgan fingerprint density at radius 2 is 1.68 bits per heavy atom. The van der Waals surface area contributed by atoms with Crippen LogP contribution in [-0.4, -0.2) is 21.3 Å². The van der Waals surface area contributed by atoms with Crippen molar-refractivity contribution in [2.75, 3.05) is 0 Å². The number of carboxylic acids is 1. The van der Waals surface area contributed by atoms with Crippen LogP contribution >= 0.6 is 0 Å². The van der Waals surface area contributed by atoms with E-state index < -0.39 is 5.97 Å². The van der Waals surface area contributed by atoms with Gasteiger partial charge in [0.05, 0.1) is 11.7 Å². The van der Waals surface area contributed by atoms with E-state index in [0.29, 0.717) is 6.61 Å². The minimum absolute atomic E-state index is 0.505. The summed E-state index contributed by atoms with van der Waals surface area (Å²) in [7, 11) is 0. The number of hydrogen-bond acceptors (Lipinski definition) is 3. The van der Waals surface area contributed by atoms with E-state index in [0.717, 1.165) is 62.5 Å². The molecule has 188 valence electrons. The number of aliphatic carboxylic acids is 1. The molecule has 0 unspecified atom stereocenters. The molecule has 0 atom stereocenters. The largest absolute Gasteiger partial charge is 0.489 e. The molecule has 0 aliphatic rings. The maximum atomic E-state index is 10.9. The number of carboxylic acid groups (broad SMARTS) is 1. The van der Waals surface area contributed by atoms with E-state index in [4.69, 9.17) is 9.84 Å². The Hall–Kier alpha value is -4.90. The van der Waals surface area contributed by atoms with E-state index in [1.54, 1.807) is 6.08 Å². The fraction of sp³-hybridized carbons (Fsp3) is 0.0909. The smallest absolute Gasteiger partial charge is 0.328 e. The number of ether oxygens (including phenoxy) is 1. The van der Waals surface area contributed by atoms with Crippen LogP contribution in [-0.2, 0) is 11.4 Å². The summed E-state index contributed by atoms with van der Waals surface area (Å²) in [4.78, 5) is 10.9. The van der Waals surface area contributed by atoms with Crippen LogP contribution in [0.1, 0.15) is 41.2 Å². The first-order valence-corrected chi connectivity index (χ1v) is 12.6. The topological polar surface area (TPSA) is 75.2 Å². The number of hydrogen-bond donors (Lipinski definition) is 2. The Bertz CT molecular complexity index is 1610. The third kappa shape index (κ3) is 5.73. The van der Waals surface area contributed by atoms with Crippen molar-refractivity contribution in [1.82, 2.24) is 10.2 Å². The summed E-state index contributed by atoms with van der Waals surface area (Å²) in [5.41, 5.74) is 8.46. The van der Waals surface area contributed by atoms with Gasteiger partial charge in [0.25, 0.3) is 0 Å². The van der Waals surface area contributed by atoms with Crippen molar-refractivity contribution in [3.05, 3.63) is 137 Å². The van der Waals surface area contributed by atoms with Gasteiger partial charge in [-0.05, 0) is 75.7 Å². The first-order chi connectivity index (χ1) is 18.6. The van der Waals surface area contributed by atoms with Gasteiger partial charge in [-0.1, -0.05) is 79.7 Å². The van der Waals surface area contributed by atoms with Gasteiger partial charge in [0.2, 0.25) is 0 Å². The number of allylic oxidation sites excluding steroid dienone is 1. The fourth-order valence-electron chi connectivity index (χ4n) is 4.58. The molecule has 5 heteroatoms. The van der Waals surface area contributed by atoms with Gasteiger partial charge in [-0.15, -0.1) is 0 Å². The van der Waals surface area contributed by atoms with E-state index in [-0.39, 0.29) is 0 Å². The predicted molar refractivity (Wildman–Crippen MR) is 153 cm³/mol. The number of fused-ring (bicyclic) bond motifs is 1. The van der Waals surface area contributed by atoms with E-state index in [9.17, 15) is 4.79 Å². The SMILES string of the molecule is CC/C(=C(/c1ccc(/C=C/C(=O)O)cc1)c1ccc2[nH]ncc2c1)c1cccc(OCc2ccccc2)c1. The number of benzene rings is 4. The molecule has 0 aliphatic carbocycles. The molecule has 0 spiro atoms. The highest BCUT2D eigenvalue weighted by Crippen LogP contribution is 2.36. The summed E-state index contributed by atoms with van der Waals surface area (Å²) in [5.74, 6) is -0.151. The van der Waals surface area contributed by atoms with Crippen LogP contribution in [0.3, 0.4) is 0 Å². The van der Waals surface area contributed by atoms with E-state index in [1.165, 1.54) is 5.57 Å². The first-order valence-electron chi connectivity index (χ1n) is 12.6. The van der Waals surface area contributed by atoms with Gasteiger partial charge >= 0.3 is 5.97 Å². The molecule has 0 radical (unpaired) electrons. The van der Waals surface area contributed by atoms with Gasteiger partial charge in [-0.2, -0.15) is 5.10 Å². The standard InChI is InChI=1S/C33H28N2O3/c1-2-30(26-9-6-10-29(20-26)38-22-24-7-4-3-5-8-24)33(27-16-17-31-28(19-27)21-34-35-31)25-14-11-23(12-15-25)13-18-32(36)37/h3-21H,2,22H2,1H3,(H,34,35)(H,36,37)/b18-13+,33-30+. The lowest BCUT2D eigenvalue weighted by Gasteiger charge is -2.17. The zero-order chi connectivity index (χ0) is 26.3. The molecule has 0 bridgehead atoms. The van der Waals surface area contributed by atoms with E-state index >= 15 is 0 Å². The molecule has 1 heterocycles. The number of nitrogens with one attached hydrogen (secondary N) is 1. The summed E-state index contributed by atoms with van der Waals surface area (Å²) in [5, 5.41) is 17.2. The van der Waals surface area contributed by atoms with Crippen molar-refractivity contribution in [3.8, 4) is 5.75 Å². The van der Waals surface area contributed by atoms with Crippen LogP contribution in [0, 0.1) is 0 Å². The van der Waals surface area contributed by atoms with Crippen LogP contribution in [0.5, 0.6) is 5.75 Å². The molecule has 0 aliphatic heterocycles. The van der Waals surface area contributed by atoms with Gasteiger partial charge < -0.3 is 9.84 Å². The fourth-order valence-corrected chi connectivity index (χ4v) is 4.58. The lowest BCUT2D eigenvalue weighted by atomic mass is 9.87. The molecule has 0 amide bonds. The second-order valence-corrected chi connectivity index (χ2v) is 8.97. The molecule has 38 heavy (non-hydrogen) atoms. The molecule has 0 saturated heterocycles. The number of aromatic amines is 1. The maximum Gasteiger partial charge on any atom is 0.328 e. The van der Waals surface area contributed by atoms with Crippen molar-refractivity contribution in [1.29, 1.82) is 0 Å². The average Bonchev–Trinajstić information content (AvgIpc) is 3.43. The second-order valence-electron chi connectivity index (χ2n) is 8.97. The van der Waals surface area contributed by atoms with E-state index in [2.05, 4.69) is 53.5 Å². The molecule has 5 nitrogen and oxygen atoms in total. The van der Waals surface area contributed by atoms with Gasteiger partial charge in [0, 0.05) is 11.5 Å². The highest BCUT2D eigenvalue weighted by molar-refractivity contribution is 6.00. The lowest BCUT2D eigenvalue weighted by Crippen LogP contribution is -1.98. The molecular weight excluding hydrogens is 472 g/mol.